The molecular weight excluding hydrogens is 543 g/mol. The van der Waals surface area contributed by atoms with Gasteiger partial charge in [-0.1, -0.05) is 0 Å². The summed E-state index contributed by atoms with van der Waals surface area (Å²) in [4.78, 5) is 0. The SMILES string of the molecule is CCCCCCCCCCCCP(Br)(CCCCCCCCCCCC)(c1ccccc1)c1ccccc1. The van der Waals surface area contributed by atoms with Gasteiger partial charge in [-0.25, -0.2) is 0 Å². The molecule has 0 bridgehead atoms. The van der Waals surface area contributed by atoms with Crippen molar-refractivity contribution in [3.8, 4) is 0 Å². The maximum atomic E-state index is 4.68. The Morgan fingerprint density at radius 3 is 0.947 bits per heavy atom. The van der Waals surface area contributed by atoms with Gasteiger partial charge >= 0.3 is 247 Å². The predicted octanol–water partition coefficient (Wildman–Crippen LogP) is 12.3. The van der Waals surface area contributed by atoms with Gasteiger partial charge in [-0.3, -0.25) is 0 Å². The molecule has 0 aliphatic carbocycles. The van der Waals surface area contributed by atoms with E-state index in [1.165, 1.54) is 141 Å². The topological polar surface area (TPSA) is 0 Å². The molecule has 0 N–H and O–H groups in total. The zero-order valence-electron chi connectivity index (χ0n) is 25.2. The Kier molecular flexibility index (Phi) is 17.9. The monoisotopic (exact) mass is 602 g/mol. The van der Waals surface area contributed by atoms with E-state index >= 15 is 0 Å². The van der Waals surface area contributed by atoms with Gasteiger partial charge in [0.2, 0.25) is 0 Å². The fraction of sp³-hybridized carbons (Fsp3) is 0.667. The average molecular weight is 604 g/mol. The molecule has 0 atom stereocenters. The van der Waals surface area contributed by atoms with E-state index in [1.807, 2.05) is 0 Å². The van der Waals surface area contributed by atoms with Gasteiger partial charge in [0, 0.05) is 0 Å². The first-order valence-corrected chi connectivity index (χ1v) is 21.1. The van der Waals surface area contributed by atoms with Crippen molar-refractivity contribution in [2.45, 2.75) is 142 Å². The summed E-state index contributed by atoms with van der Waals surface area (Å²) >= 11 is 4.68. The predicted molar refractivity (Wildman–Crippen MR) is 181 cm³/mol. The van der Waals surface area contributed by atoms with Crippen LogP contribution in [-0.2, 0) is 0 Å². The molecule has 0 aromatic heterocycles. The van der Waals surface area contributed by atoms with Crippen molar-refractivity contribution < 1.29 is 0 Å². The summed E-state index contributed by atoms with van der Waals surface area (Å²) < 4.78 is 0. The summed E-state index contributed by atoms with van der Waals surface area (Å²) in [5, 5.41) is 0.707. The van der Waals surface area contributed by atoms with Crippen molar-refractivity contribution in [2.75, 3.05) is 12.3 Å². The van der Waals surface area contributed by atoms with Gasteiger partial charge in [-0.05, 0) is 0 Å². The number of hydrogen-bond acceptors (Lipinski definition) is 0. The molecule has 0 nitrogen and oxygen atoms in total. The Morgan fingerprint density at radius 1 is 0.395 bits per heavy atom. The standard InChI is InChI=1S/C36H60BrP/c1-3-5-7-9-11-13-15-17-19-27-33-38(37,35-29-23-21-24-30-35,36-31-25-22-26-32-36)34-28-20-18-16-14-12-10-8-6-4-2/h21-26,29-32H,3-20,27-28,33-34H2,1-2H3. The third-order valence-electron chi connectivity index (χ3n) is 8.65. The number of benzene rings is 2. The van der Waals surface area contributed by atoms with Crippen LogP contribution in [0.5, 0.6) is 0 Å². The number of rotatable bonds is 24. The van der Waals surface area contributed by atoms with E-state index in [1.54, 1.807) is 10.6 Å². The van der Waals surface area contributed by atoms with Crippen LogP contribution in [0.3, 0.4) is 0 Å². The summed E-state index contributed by atoms with van der Waals surface area (Å²) in [6.07, 6.45) is 30.6. The van der Waals surface area contributed by atoms with E-state index in [0.717, 1.165) is 0 Å². The Morgan fingerprint density at radius 2 is 0.658 bits per heavy atom. The second kappa shape index (κ2) is 20.3. The van der Waals surface area contributed by atoms with Crippen molar-refractivity contribution in [1.82, 2.24) is 0 Å². The number of halogens is 1. The fourth-order valence-corrected chi connectivity index (χ4v) is 14.1. The molecule has 0 saturated heterocycles. The molecule has 0 spiro atoms. The summed E-state index contributed by atoms with van der Waals surface area (Å²) in [6, 6.07) is 23.1. The van der Waals surface area contributed by atoms with Crippen LogP contribution >= 0.6 is 20.8 Å². The summed E-state index contributed by atoms with van der Waals surface area (Å²) in [5.74, 6) is 0. The van der Waals surface area contributed by atoms with E-state index in [-0.39, 0.29) is 0 Å². The van der Waals surface area contributed by atoms with Crippen LogP contribution in [0, 0.1) is 0 Å². The van der Waals surface area contributed by atoms with E-state index in [2.05, 4.69) is 90.0 Å². The molecule has 0 unspecified atom stereocenters. The Labute approximate surface area is 245 Å². The van der Waals surface area contributed by atoms with Gasteiger partial charge in [0.05, 0.1) is 0 Å². The van der Waals surface area contributed by atoms with E-state index in [9.17, 15) is 0 Å². The van der Waals surface area contributed by atoms with Gasteiger partial charge in [0.1, 0.15) is 0 Å². The zero-order chi connectivity index (χ0) is 27.2. The molecule has 2 aromatic rings. The molecule has 0 aliphatic heterocycles. The second-order valence-corrected chi connectivity index (χ2v) is 21.7. The first kappa shape index (κ1) is 33.6. The normalized spacial score (nSPS) is 12.9. The molecule has 0 fully saturated rings. The van der Waals surface area contributed by atoms with Gasteiger partial charge in [0.25, 0.3) is 0 Å². The molecule has 2 rings (SSSR count). The Balaban J connectivity index is 1.96. The minimum absolute atomic E-state index is 1.30. The number of hydrogen-bond donors (Lipinski definition) is 0. The van der Waals surface area contributed by atoms with Crippen molar-refractivity contribution >= 4 is 31.4 Å². The number of unbranched alkanes of at least 4 members (excludes halogenated alkanes) is 18. The van der Waals surface area contributed by atoms with E-state index in [4.69, 9.17) is 0 Å². The molecule has 0 amide bonds. The first-order valence-electron chi connectivity index (χ1n) is 16.5. The van der Waals surface area contributed by atoms with Gasteiger partial charge in [0.15, 0.2) is 0 Å². The molecule has 38 heavy (non-hydrogen) atoms. The van der Waals surface area contributed by atoms with Gasteiger partial charge in [-0.15, -0.1) is 0 Å². The van der Waals surface area contributed by atoms with Crippen molar-refractivity contribution in [1.29, 1.82) is 0 Å². The third kappa shape index (κ3) is 11.8. The van der Waals surface area contributed by atoms with Crippen LogP contribution in [0.15, 0.2) is 60.7 Å². The quantitative estimate of drug-likeness (QED) is 0.0827. The van der Waals surface area contributed by atoms with Crippen LogP contribution in [0.25, 0.3) is 0 Å². The molecular formula is C36H60BrP. The van der Waals surface area contributed by atoms with Crippen LogP contribution in [0.4, 0.5) is 0 Å². The van der Waals surface area contributed by atoms with Crippen LogP contribution in [0.2, 0.25) is 0 Å². The van der Waals surface area contributed by atoms with Gasteiger partial charge in [-0.2, -0.15) is 0 Å². The van der Waals surface area contributed by atoms with Gasteiger partial charge < -0.3 is 0 Å². The van der Waals surface area contributed by atoms with Crippen molar-refractivity contribution in [3.05, 3.63) is 60.7 Å². The van der Waals surface area contributed by atoms with Crippen LogP contribution in [-0.4, -0.2) is 12.3 Å². The summed E-state index contributed by atoms with van der Waals surface area (Å²) in [6.45, 7) is 4.61. The van der Waals surface area contributed by atoms with Crippen molar-refractivity contribution in [3.63, 3.8) is 0 Å². The minimum atomic E-state index is -2.43. The molecule has 216 valence electrons. The summed E-state index contributed by atoms with van der Waals surface area (Å²) in [7, 11) is 0. The van der Waals surface area contributed by atoms with Crippen molar-refractivity contribution in [2.24, 2.45) is 0 Å². The molecule has 0 heterocycles. The maximum absolute atomic E-state index is 4.68. The molecule has 2 aromatic carbocycles. The fourth-order valence-electron chi connectivity index (χ4n) is 6.17. The zero-order valence-corrected chi connectivity index (χ0v) is 27.6. The van der Waals surface area contributed by atoms with E-state index in [0.29, 0.717) is 0 Å². The molecule has 0 aliphatic rings. The Bertz CT molecular complexity index is 735. The third-order valence-corrected chi connectivity index (χ3v) is 18.7. The van der Waals surface area contributed by atoms with Crippen LogP contribution in [0.1, 0.15) is 142 Å². The second-order valence-electron chi connectivity index (χ2n) is 11.9. The first-order chi connectivity index (χ1) is 18.6. The molecule has 0 saturated carbocycles. The van der Waals surface area contributed by atoms with Crippen LogP contribution < -0.4 is 10.6 Å². The molecule has 0 radical (unpaired) electrons. The summed E-state index contributed by atoms with van der Waals surface area (Å²) in [5.41, 5.74) is 0. The molecule has 2 heteroatoms. The average Bonchev–Trinajstić information content (AvgIpc) is 2.96. The van der Waals surface area contributed by atoms with E-state index < -0.39 is 5.31 Å². The Hall–Kier alpha value is -0.650.